The summed E-state index contributed by atoms with van der Waals surface area (Å²) >= 11 is 5.65. The second-order valence-electron chi connectivity index (χ2n) is 4.25. The minimum absolute atomic E-state index is 0.104. The molecule has 0 aromatic rings. The van der Waals surface area contributed by atoms with Gasteiger partial charge in [-0.25, -0.2) is 0 Å². The van der Waals surface area contributed by atoms with E-state index in [1.807, 2.05) is 6.92 Å². The number of amides is 1. The van der Waals surface area contributed by atoms with Crippen LogP contribution in [-0.4, -0.2) is 17.8 Å². The summed E-state index contributed by atoms with van der Waals surface area (Å²) in [6.45, 7) is 1.95. The third kappa shape index (κ3) is 3.87. The molecule has 1 N–H and O–H groups in total. The largest absolute Gasteiger partial charge is 0.352 e. The Bertz CT molecular complexity index is 176. The molecule has 1 saturated carbocycles. The van der Waals surface area contributed by atoms with Crippen molar-refractivity contribution < 1.29 is 4.79 Å². The van der Waals surface area contributed by atoms with Crippen molar-refractivity contribution in [1.82, 2.24) is 5.32 Å². The fourth-order valence-corrected chi connectivity index (χ4v) is 2.02. The van der Waals surface area contributed by atoms with E-state index in [2.05, 4.69) is 5.32 Å². The first-order valence-electron chi connectivity index (χ1n) is 5.60. The highest BCUT2D eigenvalue weighted by molar-refractivity contribution is 6.18. The molecule has 1 amide bonds. The number of halogens is 1. The number of nitrogens with one attached hydrogen (secondary N) is 1. The van der Waals surface area contributed by atoms with Gasteiger partial charge in [0.15, 0.2) is 0 Å². The van der Waals surface area contributed by atoms with Crippen molar-refractivity contribution in [3.8, 4) is 0 Å². The van der Waals surface area contributed by atoms with Crippen LogP contribution in [0.4, 0.5) is 0 Å². The van der Waals surface area contributed by atoms with E-state index in [0.29, 0.717) is 5.88 Å². The summed E-state index contributed by atoms with van der Waals surface area (Å²) in [5, 5.41) is 2.96. The van der Waals surface area contributed by atoms with Gasteiger partial charge in [0, 0.05) is 17.8 Å². The highest BCUT2D eigenvalue weighted by Gasteiger charge is 2.20. The van der Waals surface area contributed by atoms with E-state index in [1.54, 1.807) is 0 Å². The maximum atomic E-state index is 11.8. The maximum Gasteiger partial charge on any atom is 0.223 e. The molecule has 1 aliphatic carbocycles. The van der Waals surface area contributed by atoms with Crippen molar-refractivity contribution in [2.45, 2.75) is 51.5 Å². The molecule has 0 bridgehead atoms. The number of rotatable bonds is 3. The summed E-state index contributed by atoms with van der Waals surface area (Å²) in [6, 6.07) is 0.104. The fraction of sp³-hybridized carbons (Fsp3) is 0.909. The topological polar surface area (TPSA) is 29.1 Å². The van der Waals surface area contributed by atoms with Crippen molar-refractivity contribution in [2.24, 2.45) is 5.92 Å². The Labute approximate surface area is 91.4 Å². The molecule has 1 atom stereocenters. The Morgan fingerprint density at radius 3 is 2.43 bits per heavy atom. The van der Waals surface area contributed by atoms with Crippen LogP contribution in [0.2, 0.25) is 0 Å². The minimum atomic E-state index is 0.104. The number of carbonyl (C=O) groups is 1. The van der Waals surface area contributed by atoms with E-state index in [4.69, 9.17) is 11.6 Å². The van der Waals surface area contributed by atoms with Gasteiger partial charge in [-0.2, -0.15) is 0 Å². The number of alkyl halides is 1. The van der Waals surface area contributed by atoms with Gasteiger partial charge in [-0.05, 0) is 19.8 Å². The summed E-state index contributed by atoms with van der Waals surface area (Å²) in [7, 11) is 0. The molecule has 1 unspecified atom stereocenters. The average Bonchev–Trinajstić information content (AvgIpc) is 2.45. The first-order valence-corrected chi connectivity index (χ1v) is 6.14. The van der Waals surface area contributed by atoms with E-state index >= 15 is 0 Å². The first-order chi connectivity index (χ1) is 6.74. The molecule has 1 aliphatic rings. The molecular formula is C11H20ClNO. The summed E-state index contributed by atoms with van der Waals surface area (Å²) in [4.78, 5) is 11.8. The summed E-state index contributed by atoms with van der Waals surface area (Å²) < 4.78 is 0. The van der Waals surface area contributed by atoms with Gasteiger partial charge in [-0.3, -0.25) is 4.79 Å². The van der Waals surface area contributed by atoms with Gasteiger partial charge >= 0.3 is 0 Å². The van der Waals surface area contributed by atoms with Crippen LogP contribution in [0, 0.1) is 5.92 Å². The van der Waals surface area contributed by atoms with Gasteiger partial charge in [0.25, 0.3) is 0 Å². The smallest absolute Gasteiger partial charge is 0.223 e. The lowest BCUT2D eigenvalue weighted by Gasteiger charge is -2.17. The van der Waals surface area contributed by atoms with Crippen LogP contribution in [0.3, 0.4) is 0 Å². The number of hydrogen-bond acceptors (Lipinski definition) is 1. The highest BCUT2D eigenvalue weighted by atomic mass is 35.5. The number of carbonyl (C=O) groups excluding carboxylic acids is 1. The Morgan fingerprint density at radius 2 is 1.93 bits per heavy atom. The molecular weight excluding hydrogens is 198 g/mol. The molecule has 1 rings (SSSR count). The number of hydrogen-bond donors (Lipinski definition) is 1. The standard InChI is InChI=1S/C11H20ClNO/c1-9(8-12)13-11(14)10-6-4-2-3-5-7-10/h9-10H,2-8H2,1H3,(H,13,14). The highest BCUT2D eigenvalue weighted by Crippen LogP contribution is 2.22. The van der Waals surface area contributed by atoms with E-state index in [1.165, 1.54) is 25.7 Å². The second kappa shape index (κ2) is 6.28. The molecule has 0 aliphatic heterocycles. The van der Waals surface area contributed by atoms with Crippen LogP contribution < -0.4 is 5.32 Å². The zero-order chi connectivity index (χ0) is 10.4. The van der Waals surface area contributed by atoms with E-state index < -0.39 is 0 Å². The molecule has 82 valence electrons. The lowest BCUT2D eigenvalue weighted by Crippen LogP contribution is -2.38. The molecule has 1 fully saturated rings. The van der Waals surface area contributed by atoms with E-state index in [9.17, 15) is 4.79 Å². The molecule has 3 heteroatoms. The predicted molar refractivity (Wildman–Crippen MR) is 59.5 cm³/mol. The summed E-state index contributed by atoms with van der Waals surface area (Å²) in [6.07, 6.45) is 7.09. The minimum Gasteiger partial charge on any atom is -0.352 e. The molecule has 0 spiro atoms. The molecule has 0 aromatic heterocycles. The van der Waals surface area contributed by atoms with Gasteiger partial charge in [-0.15, -0.1) is 11.6 Å². The average molecular weight is 218 g/mol. The Kier molecular flexibility index (Phi) is 5.31. The van der Waals surface area contributed by atoms with Crippen LogP contribution in [0.15, 0.2) is 0 Å². The molecule has 0 radical (unpaired) electrons. The lowest BCUT2D eigenvalue weighted by atomic mass is 9.99. The van der Waals surface area contributed by atoms with Crippen molar-refractivity contribution in [1.29, 1.82) is 0 Å². The second-order valence-corrected chi connectivity index (χ2v) is 4.56. The van der Waals surface area contributed by atoms with Gasteiger partial charge in [0.05, 0.1) is 0 Å². The van der Waals surface area contributed by atoms with E-state index in [-0.39, 0.29) is 17.9 Å². The van der Waals surface area contributed by atoms with Gasteiger partial charge < -0.3 is 5.32 Å². The van der Waals surface area contributed by atoms with Crippen LogP contribution in [0.5, 0.6) is 0 Å². The zero-order valence-corrected chi connectivity index (χ0v) is 9.65. The van der Waals surface area contributed by atoms with Crippen molar-refractivity contribution in [3.05, 3.63) is 0 Å². The Morgan fingerprint density at radius 1 is 1.36 bits per heavy atom. The Hall–Kier alpha value is -0.240. The van der Waals surface area contributed by atoms with Crippen LogP contribution >= 0.6 is 11.6 Å². The van der Waals surface area contributed by atoms with Gasteiger partial charge in [0.2, 0.25) is 5.91 Å². The normalized spacial score (nSPS) is 21.3. The monoisotopic (exact) mass is 217 g/mol. The predicted octanol–water partition coefficient (Wildman–Crippen LogP) is 2.70. The van der Waals surface area contributed by atoms with E-state index in [0.717, 1.165) is 12.8 Å². The van der Waals surface area contributed by atoms with Crippen molar-refractivity contribution in [2.75, 3.05) is 5.88 Å². The fourth-order valence-electron chi connectivity index (χ4n) is 1.94. The SMILES string of the molecule is CC(CCl)NC(=O)C1CCCCCC1. The summed E-state index contributed by atoms with van der Waals surface area (Å²) in [5.74, 6) is 0.946. The zero-order valence-electron chi connectivity index (χ0n) is 8.89. The summed E-state index contributed by atoms with van der Waals surface area (Å²) in [5.41, 5.74) is 0. The first kappa shape index (κ1) is 11.8. The molecule has 2 nitrogen and oxygen atoms in total. The Balaban J connectivity index is 2.34. The van der Waals surface area contributed by atoms with Crippen LogP contribution in [0.25, 0.3) is 0 Å². The van der Waals surface area contributed by atoms with Gasteiger partial charge in [0.1, 0.15) is 0 Å². The van der Waals surface area contributed by atoms with Crippen LogP contribution in [-0.2, 0) is 4.79 Å². The van der Waals surface area contributed by atoms with Crippen LogP contribution in [0.1, 0.15) is 45.4 Å². The maximum absolute atomic E-state index is 11.8. The molecule has 0 saturated heterocycles. The lowest BCUT2D eigenvalue weighted by molar-refractivity contribution is -0.125. The molecule has 14 heavy (non-hydrogen) atoms. The molecule has 0 aromatic carbocycles. The van der Waals surface area contributed by atoms with Gasteiger partial charge in [-0.1, -0.05) is 25.7 Å². The third-order valence-corrected chi connectivity index (χ3v) is 3.31. The van der Waals surface area contributed by atoms with Crippen molar-refractivity contribution >= 4 is 17.5 Å². The third-order valence-electron chi connectivity index (χ3n) is 2.85. The quantitative estimate of drug-likeness (QED) is 0.572. The van der Waals surface area contributed by atoms with Crippen molar-refractivity contribution in [3.63, 3.8) is 0 Å². The molecule has 0 heterocycles.